The second-order valence-corrected chi connectivity index (χ2v) is 5.16. The number of nitrogens with zero attached hydrogens (tertiary/aromatic N) is 4. The van der Waals surface area contributed by atoms with Crippen LogP contribution < -0.4 is 0 Å². The van der Waals surface area contributed by atoms with Crippen molar-refractivity contribution >= 4 is 0 Å². The number of halogens is 2. The molecular formula is C16H14F2N4. The van der Waals surface area contributed by atoms with E-state index in [4.69, 9.17) is 0 Å². The maximum Gasteiger partial charge on any atom is 0.242 e. The third kappa shape index (κ3) is 2.93. The molecule has 6 heteroatoms. The van der Waals surface area contributed by atoms with E-state index in [1.807, 2.05) is 6.92 Å². The number of hydrogen-bond acceptors (Lipinski definition) is 4. The second-order valence-electron chi connectivity index (χ2n) is 5.16. The maximum atomic E-state index is 12.9. The van der Waals surface area contributed by atoms with Crippen LogP contribution in [0.5, 0.6) is 0 Å². The van der Waals surface area contributed by atoms with Crippen LogP contribution in [-0.4, -0.2) is 26.6 Å². The smallest absolute Gasteiger partial charge is 0.242 e. The minimum atomic E-state index is -2.31. The van der Waals surface area contributed by atoms with E-state index in [0.29, 0.717) is 29.8 Å². The first-order valence-corrected chi connectivity index (χ1v) is 7.10. The molecule has 0 spiro atoms. The summed E-state index contributed by atoms with van der Waals surface area (Å²) >= 11 is 0. The van der Waals surface area contributed by atoms with Gasteiger partial charge >= 0.3 is 0 Å². The largest absolute Gasteiger partial charge is 0.244 e. The van der Waals surface area contributed by atoms with Crippen molar-refractivity contribution in [2.45, 2.75) is 32.1 Å². The van der Waals surface area contributed by atoms with Crippen molar-refractivity contribution in [2.75, 3.05) is 0 Å². The van der Waals surface area contributed by atoms with Crippen LogP contribution in [0, 0.1) is 17.8 Å². The Bertz CT molecular complexity index is 722. The van der Waals surface area contributed by atoms with Crippen LogP contribution in [-0.2, 0) is 0 Å². The van der Waals surface area contributed by atoms with E-state index in [2.05, 4.69) is 32.0 Å². The molecule has 1 aliphatic rings. The molecule has 112 valence electrons. The van der Waals surface area contributed by atoms with Gasteiger partial charge in [-0.15, -0.1) is 10.2 Å². The fraction of sp³-hybridized carbons (Fsp3) is 0.375. The molecule has 1 aliphatic carbocycles. The highest BCUT2D eigenvalue weighted by molar-refractivity contribution is 5.59. The fourth-order valence-electron chi connectivity index (χ4n) is 2.38. The minimum Gasteiger partial charge on any atom is -0.244 e. The first-order chi connectivity index (χ1) is 10.7. The lowest BCUT2D eigenvalue weighted by atomic mass is 10.1. The molecule has 2 aromatic rings. The van der Waals surface area contributed by atoms with Crippen LogP contribution in [0.4, 0.5) is 8.78 Å². The highest BCUT2D eigenvalue weighted by atomic mass is 19.3. The van der Waals surface area contributed by atoms with Crippen LogP contribution in [0.1, 0.15) is 36.9 Å². The molecule has 0 bridgehead atoms. The van der Waals surface area contributed by atoms with Crippen molar-refractivity contribution in [3.63, 3.8) is 0 Å². The van der Waals surface area contributed by atoms with Crippen LogP contribution in [0.25, 0.3) is 11.3 Å². The van der Waals surface area contributed by atoms with Gasteiger partial charge in [-0.05, 0) is 29.9 Å². The van der Waals surface area contributed by atoms with Crippen molar-refractivity contribution in [1.82, 2.24) is 20.2 Å². The lowest BCUT2D eigenvalue weighted by molar-refractivity contribution is 0.120. The topological polar surface area (TPSA) is 51.6 Å². The van der Waals surface area contributed by atoms with Crippen molar-refractivity contribution in [1.29, 1.82) is 0 Å². The van der Waals surface area contributed by atoms with Gasteiger partial charge in [-0.3, -0.25) is 0 Å². The number of hydrogen-bond donors (Lipinski definition) is 0. The highest BCUT2D eigenvalue weighted by Crippen LogP contribution is 2.51. The van der Waals surface area contributed by atoms with Crippen LogP contribution in [0.3, 0.4) is 0 Å². The van der Waals surface area contributed by atoms with Crippen molar-refractivity contribution in [3.05, 3.63) is 36.0 Å². The van der Waals surface area contributed by atoms with Crippen molar-refractivity contribution < 1.29 is 8.78 Å². The monoisotopic (exact) mass is 300 g/mol. The summed E-state index contributed by atoms with van der Waals surface area (Å²) < 4.78 is 25.7. The SMILES string of the molecule is CCC#Cc1nnc(-c2cncnc2)cc1[C@H]1C[C@@H]1C(F)F. The van der Waals surface area contributed by atoms with Gasteiger partial charge in [0.05, 0.1) is 5.69 Å². The number of aromatic nitrogens is 4. The summed E-state index contributed by atoms with van der Waals surface area (Å²) in [6.07, 6.45) is 3.50. The molecule has 2 atom stereocenters. The predicted octanol–water partition coefficient (Wildman–Crippen LogP) is 3.06. The summed E-state index contributed by atoms with van der Waals surface area (Å²) in [5.74, 6) is 5.05. The third-order valence-electron chi connectivity index (χ3n) is 3.63. The molecule has 4 nitrogen and oxygen atoms in total. The Hall–Kier alpha value is -2.42. The molecule has 0 unspecified atom stereocenters. The van der Waals surface area contributed by atoms with E-state index in [1.54, 1.807) is 18.5 Å². The van der Waals surface area contributed by atoms with E-state index in [9.17, 15) is 8.78 Å². The Balaban J connectivity index is 2.00. The quantitative estimate of drug-likeness (QED) is 0.817. The maximum absolute atomic E-state index is 12.9. The average molecular weight is 300 g/mol. The molecule has 22 heavy (non-hydrogen) atoms. The van der Waals surface area contributed by atoms with E-state index in [1.165, 1.54) is 6.33 Å². The molecule has 0 radical (unpaired) electrons. The summed E-state index contributed by atoms with van der Waals surface area (Å²) in [6.45, 7) is 1.93. The molecule has 1 fully saturated rings. The third-order valence-corrected chi connectivity index (χ3v) is 3.63. The Kier molecular flexibility index (Phi) is 4.05. The highest BCUT2D eigenvalue weighted by Gasteiger charge is 2.46. The van der Waals surface area contributed by atoms with Crippen LogP contribution >= 0.6 is 0 Å². The normalized spacial score (nSPS) is 19.6. The fourth-order valence-corrected chi connectivity index (χ4v) is 2.38. The molecule has 0 aromatic carbocycles. The summed E-state index contributed by atoms with van der Waals surface area (Å²) in [7, 11) is 0. The second kappa shape index (κ2) is 6.14. The van der Waals surface area contributed by atoms with E-state index in [0.717, 1.165) is 5.56 Å². The van der Waals surface area contributed by atoms with Gasteiger partial charge in [0.15, 0.2) is 0 Å². The Labute approximate surface area is 127 Å². The van der Waals surface area contributed by atoms with Gasteiger partial charge in [-0.25, -0.2) is 18.7 Å². The molecular weight excluding hydrogens is 286 g/mol. The van der Waals surface area contributed by atoms with Crippen molar-refractivity contribution in [2.24, 2.45) is 5.92 Å². The first kappa shape index (κ1) is 14.5. The molecule has 1 saturated carbocycles. The molecule has 0 saturated heterocycles. The van der Waals surface area contributed by atoms with Crippen molar-refractivity contribution in [3.8, 4) is 23.1 Å². The van der Waals surface area contributed by atoms with Gasteiger partial charge in [0.25, 0.3) is 0 Å². The van der Waals surface area contributed by atoms with Crippen LogP contribution in [0.15, 0.2) is 24.8 Å². The van der Waals surface area contributed by atoms with Gasteiger partial charge in [0, 0.05) is 30.3 Å². The molecule has 2 aromatic heterocycles. The average Bonchev–Trinajstić information content (AvgIpc) is 3.34. The lowest BCUT2D eigenvalue weighted by Crippen LogP contribution is -2.01. The molecule has 0 aliphatic heterocycles. The molecule has 3 rings (SSSR count). The van der Waals surface area contributed by atoms with E-state index < -0.39 is 12.3 Å². The van der Waals surface area contributed by atoms with Gasteiger partial charge in [0.1, 0.15) is 12.0 Å². The summed E-state index contributed by atoms with van der Waals surface area (Å²) in [5, 5.41) is 8.25. The van der Waals surface area contributed by atoms with Gasteiger partial charge in [0.2, 0.25) is 6.43 Å². The first-order valence-electron chi connectivity index (χ1n) is 7.10. The molecule has 0 amide bonds. The van der Waals surface area contributed by atoms with Crippen LogP contribution in [0.2, 0.25) is 0 Å². The van der Waals surface area contributed by atoms with E-state index >= 15 is 0 Å². The minimum absolute atomic E-state index is 0.194. The summed E-state index contributed by atoms with van der Waals surface area (Å²) in [5.41, 5.74) is 2.54. The number of rotatable bonds is 3. The van der Waals surface area contributed by atoms with Gasteiger partial charge in [-0.1, -0.05) is 12.8 Å². The zero-order chi connectivity index (χ0) is 15.5. The summed E-state index contributed by atoms with van der Waals surface area (Å²) in [6, 6.07) is 1.79. The van der Waals surface area contributed by atoms with E-state index in [-0.39, 0.29) is 5.92 Å². The zero-order valence-corrected chi connectivity index (χ0v) is 12.0. The summed E-state index contributed by atoms with van der Waals surface area (Å²) in [4.78, 5) is 7.88. The Morgan fingerprint density at radius 2 is 2.05 bits per heavy atom. The van der Waals surface area contributed by atoms with Gasteiger partial charge < -0.3 is 0 Å². The number of alkyl halides is 2. The van der Waals surface area contributed by atoms with Gasteiger partial charge in [-0.2, -0.15) is 0 Å². The standard InChI is InChI=1S/C16H14F2N4/c1-2-3-4-14-12(11-5-13(11)16(17)18)6-15(22-21-14)10-7-19-9-20-8-10/h6-9,11,13,16H,2,5H2,1H3/t11-,13+/m1/s1. The Morgan fingerprint density at radius 3 is 2.68 bits per heavy atom. The molecule has 2 heterocycles. The zero-order valence-electron chi connectivity index (χ0n) is 12.0. The predicted molar refractivity (Wildman–Crippen MR) is 77.1 cm³/mol. The Morgan fingerprint density at radius 1 is 1.27 bits per heavy atom. The molecule has 0 N–H and O–H groups in total. The lowest BCUT2D eigenvalue weighted by Gasteiger charge is -2.06.